The van der Waals surface area contributed by atoms with Gasteiger partial charge in [0.05, 0.1) is 5.75 Å². The Bertz CT molecular complexity index is 188. The molecule has 2 N–H and O–H groups in total. The van der Waals surface area contributed by atoms with Crippen molar-refractivity contribution >= 4 is 9.84 Å². The second kappa shape index (κ2) is 2.88. The van der Waals surface area contributed by atoms with E-state index in [-0.39, 0.29) is 11.5 Å². The summed E-state index contributed by atoms with van der Waals surface area (Å²) in [4.78, 5) is 0. The molecule has 0 saturated carbocycles. The van der Waals surface area contributed by atoms with Crippen molar-refractivity contribution in [3.63, 3.8) is 0 Å². The van der Waals surface area contributed by atoms with Gasteiger partial charge >= 0.3 is 0 Å². The van der Waals surface area contributed by atoms with Crippen LogP contribution in [0.2, 0.25) is 0 Å². The quantitative estimate of drug-likeness (QED) is 0.648. The molecule has 0 bridgehead atoms. The van der Waals surface area contributed by atoms with Gasteiger partial charge in [0.25, 0.3) is 0 Å². The molecule has 3 nitrogen and oxygen atoms in total. The second-order valence-electron chi connectivity index (χ2n) is 3.17. The van der Waals surface area contributed by atoms with Crippen molar-refractivity contribution in [3.05, 3.63) is 0 Å². The molecule has 62 valence electrons. The highest BCUT2D eigenvalue weighted by molar-refractivity contribution is 7.91. The lowest BCUT2D eigenvalue weighted by Crippen LogP contribution is -2.40. The Morgan fingerprint density at radius 2 is 1.80 bits per heavy atom. The van der Waals surface area contributed by atoms with Gasteiger partial charge in [0.1, 0.15) is 0 Å². The van der Waals surface area contributed by atoms with Crippen LogP contribution in [-0.2, 0) is 9.84 Å². The van der Waals surface area contributed by atoms with E-state index in [1.165, 1.54) is 0 Å². The van der Waals surface area contributed by atoms with Gasteiger partial charge in [0.15, 0.2) is 9.84 Å². The SMILES string of the molecule is CCS(=O)(=O)CC(C)(C)N. The standard InChI is InChI=1S/C6H15NO2S/c1-4-10(8,9)5-6(2,3)7/h4-5,7H2,1-3H3. The molecule has 0 amide bonds. The first-order chi connectivity index (χ1) is 4.27. The van der Waals surface area contributed by atoms with E-state index in [4.69, 9.17) is 5.73 Å². The molecule has 0 aliphatic carbocycles. The predicted molar refractivity (Wildman–Crippen MR) is 42.6 cm³/mol. The van der Waals surface area contributed by atoms with Gasteiger partial charge in [-0.25, -0.2) is 8.42 Å². The summed E-state index contributed by atoms with van der Waals surface area (Å²) in [6, 6.07) is 0. The minimum Gasteiger partial charge on any atom is -0.325 e. The van der Waals surface area contributed by atoms with Gasteiger partial charge in [0.2, 0.25) is 0 Å². The maximum atomic E-state index is 10.9. The Hall–Kier alpha value is -0.0900. The highest BCUT2D eigenvalue weighted by atomic mass is 32.2. The zero-order chi connectivity index (χ0) is 8.41. The summed E-state index contributed by atoms with van der Waals surface area (Å²) in [5.74, 6) is 0.240. The molecule has 0 heterocycles. The molecule has 0 unspecified atom stereocenters. The molecule has 0 radical (unpaired) electrons. The third-order valence-corrected chi connectivity index (χ3v) is 3.10. The minimum atomic E-state index is -2.90. The van der Waals surface area contributed by atoms with E-state index in [2.05, 4.69) is 0 Å². The molecule has 0 saturated heterocycles. The van der Waals surface area contributed by atoms with Crippen LogP contribution >= 0.6 is 0 Å². The maximum absolute atomic E-state index is 10.9. The van der Waals surface area contributed by atoms with Crippen LogP contribution in [0, 0.1) is 0 Å². The Labute approximate surface area is 62.5 Å². The molecule has 10 heavy (non-hydrogen) atoms. The molecule has 0 spiro atoms. The van der Waals surface area contributed by atoms with Crippen molar-refractivity contribution in [1.82, 2.24) is 0 Å². The molecule has 0 aliphatic rings. The van der Waals surface area contributed by atoms with Crippen LogP contribution in [0.5, 0.6) is 0 Å². The second-order valence-corrected chi connectivity index (χ2v) is 5.52. The summed E-state index contributed by atoms with van der Waals surface area (Å²) in [6.07, 6.45) is 0. The van der Waals surface area contributed by atoms with Gasteiger partial charge in [-0.3, -0.25) is 0 Å². The molecule has 0 aromatic heterocycles. The number of hydrogen-bond donors (Lipinski definition) is 1. The molecule has 0 atom stereocenters. The molecular formula is C6H15NO2S. The van der Waals surface area contributed by atoms with Gasteiger partial charge in [-0.15, -0.1) is 0 Å². The summed E-state index contributed by atoms with van der Waals surface area (Å²) >= 11 is 0. The fourth-order valence-corrected chi connectivity index (χ4v) is 2.01. The third kappa shape index (κ3) is 4.76. The van der Waals surface area contributed by atoms with Gasteiger partial charge < -0.3 is 5.73 Å². The Balaban J connectivity index is 4.18. The molecule has 4 heteroatoms. The van der Waals surface area contributed by atoms with Crippen molar-refractivity contribution in [3.8, 4) is 0 Å². The Kier molecular flexibility index (Phi) is 2.86. The van der Waals surface area contributed by atoms with E-state index in [1.807, 2.05) is 0 Å². The normalized spacial score (nSPS) is 13.6. The number of rotatable bonds is 3. The first-order valence-electron chi connectivity index (χ1n) is 3.26. The molecule has 0 aromatic carbocycles. The van der Waals surface area contributed by atoms with Gasteiger partial charge in [0, 0.05) is 11.3 Å². The number of hydrogen-bond acceptors (Lipinski definition) is 3. The van der Waals surface area contributed by atoms with Crippen LogP contribution in [0.15, 0.2) is 0 Å². The highest BCUT2D eigenvalue weighted by Gasteiger charge is 2.19. The zero-order valence-corrected chi connectivity index (χ0v) is 7.53. The fraction of sp³-hybridized carbons (Fsp3) is 1.00. The summed E-state index contributed by atoms with van der Waals surface area (Å²) in [5.41, 5.74) is 4.92. The van der Waals surface area contributed by atoms with Gasteiger partial charge in [-0.05, 0) is 13.8 Å². The van der Waals surface area contributed by atoms with E-state index >= 15 is 0 Å². The average Bonchev–Trinajstić information content (AvgIpc) is 1.60. The smallest absolute Gasteiger partial charge is 0.151 e. The van der Waals surface area contributed by atoms with E-state index in [0.29, 0.717) is 0 Å². The molecule has 0 rings (SSSR count). The average molecular weight is 165 g/mol. The summed E-state index contributed by atoms with van der Waals surface area (Å²) in [5, 5.41) is 0. The molecular weight excluding hydrogens is 150 g/mol. The Morgan fingerprint density at radius 1 is 1.40 bits per heavy atom. The monoisotopic (exact) mass is 165 g/mol. The highest BCUT2D eigenvalue weighted by Crippen LogP contribution is 2.02. The van der Waals surface area contributed by atoms with Gasteiger partial charge in [-0.1, -0.05) is 6.92 Å². The van der Waals surface area contributed by atoms with Crippen molar-refractivity contribution in [2.24, 2.45) is 5.73 Å². The summed E-state index contributed by atoms with van der Waals surface area (Å²) < 4.78 is 21.9. The van der Waals surface area contributed by atoms with Crippen molar-refractivity contribution in [1.29, 1.82) is 0 Å². The van der Waals surface area contributed by atoms with Crippen LogP contribution in [0.1, 0.15) is 20.8 Å². The van der Waals surface area contributed by atoms with Crippen LogP contribution < -0.4 is 5.73 Å². The summed E-state index contributed by atoms with van der Waals surface area (Å²) in [6.45, 7) is 5.04. The van der Waals surface area contributed by atoms with E-state index in [1.54, 1.807) is 20.8 Å². The lowest BCUT2D eigenvalue weighted by atomic mass is 10.1. The zero-order valence-electron chi connectivity index (χ0n) is 6.72. The predicted octanol–water partition coefficient (Wildman–Crippen LogP) is 0.158. The van der Waals surface area contributed by atoms with E-state index < -0.39 is 15.4 Å². The van der Waals surface area contributed by atoms with Gasteiger partial charge in [-0.2, -0.15) is 0 Å². The number of nitrogens with two attached hydrogens (primary N) is 1. The molecule has 0 aromatic rings. The lowest BCUT2D eigenvalue weighted by Gasteiger charge is -2.16. The van der Waals surface area contributed by atoms with Crippen molar-refractivity contribution < 1.29 is 8.42 Å². The van der Waals surface area contributed by atoms with Crippen LogP contribution in [0.4, 0.5) is 0 Å². The van der Waals surface area contributed by atoms with Crippen molar-refractivity contribution in [2.45, 2.75) is 26.3 Å². The van der Waals surface area contributed by atoms with Crippen LogP contribution in [0.3, 0.4) is 0 Å². The van der Waals surface area contributed by atoms with Crippen molar-refractivity contribution in [2.75, 3.05) is 11.5 Å². The number of sulfone groups is 1. The largest absolute Gasteiger partial charge is 0.325 e. The lowest BCUT2D eigenvalue weighted by molar-refractivity contribution is 0.545. The van der Waals surface area contributed by atoms with E-state index in [0.717, 1.165) is 0 Å². The molecule has 0 aliphatic heterocycles. The first-order valence-corrected chi connectivity index (χ1v) is 5.08. The first kappa shape index (κ1) is 9.91. The Morgan fingerprint density at radius 3 is 1.90 bits per heavy atom. The fourth-order valence-electron chi connectivity index (χ4n) is 0.669. The van der Waals surface area contributed by atoms with E-state index in [9.17, 15) is 8.42 Å². The third-order valence-electron chi connectivity index (χ3n) is 1.03. The van der Waals surface area contributed by atoms with Crippen LogP contribution in [-0.4, -0.2) is 25.5 Å². The van der Waals surface area contributed by atoms with Crippen LogP contribution in [0.25, 0.3) is 0 Å². The summed E-state index contributed by atoms with van der Waals surface area (Å²) in [7, 11) is -2.90. The minimum absolute atomic E-state index is 0.0660. The maximum Gasteiger partial charge on any atom is 0.151 e. The topological polar surface area (TPSA) is 60.2 Å². The molecule has 0 fully saturated rings.